The van der Waals surface area contributed by atoms with E-state index in [-0.39, 0.29) is 12.3 Å². The molecule has 1 rings (SSSR count). The maximum absolute atomic E-state index is 10.3. The Morgan fingerprint density at radius 1 is 1.25 bits per heavy atom. The van der Waals surface area contributed by atoms with Gasteiger partial charge in [-0.05, 0) is 19.4 Å². The van der Waals surface area contributed by atoms with E-state index >= 15 is 0 Å². The number of carbonyl (C=O) groups is 1. The van der Waals surface area contributed by atoms with Crippen molar-refractivity contribution in [3.8, 4) is 0 Å². The fourth-order valence-electron chi connectivity index (χ4n) is 2.25. The second kappa shape index (κ2) is 10.5. The monoisotopic (exact) mass is 342 g/mol. The van der Waals surface area contributed by atoms with Crippen LogP contribution in [0.25, 0.3) is 0 Å². The number of likely N-dealkylation sites (N-methyl/N-ethyl adjacent to an activating group) is 1. The van der Waals surface area contributed by atoms with Gasteiger partial charge in [-0.15, -0.1) is 5.10 Å². The summed E-state index contributed by atoms with van der Waals surface area (Å²) in [6.45, 7) is 5.28. The molecule has 0 bridgehead atoms. The minimum atomic E-state index is -0.953. The van der Waals surface area contributed by atoms with E-state index in [9.17, 15) is 20.1 Å². The Morgan fingerprint density at radius 2 is 1.96 bits per heavy atom. The third kappa shape index (κ3) is 7.48. The fourth-order valence-corrected chi connectivity index (χ4v) is 2.25. The number of aliphatic hydroxyl groups is 3. The Morgan fingerprint density at radius 3 is 2.58 bits per heavy atom. The summed E-state index contributed by atoms with van der Waals surface area (Å²) >= 11 is 0. The van der Waals surface area contributed by atoms with Crippen LogP contribution >= 0.6 is 0 Å². The van der Waals surface area contributed by atoms with Crippen LogP contribution < -0.4 is 0 Å². The third-order valence-corrected chi connectivity index (χ3v) is 4.01. The summed E-state index contributed by atoms with van der Waals surface area (Å²) in [7, 11) is 1.85. The van der Waals surface area contributed by atoms with Crippen molar-refractivity contribution in [3.63, 3.8) is 0 Å². The summed E-state index contributed by atoms with van der Waals surface area (Å²) in [4.78, 5) is 12.2. The standard InChI is InChI=1S/C16H30N4O4/c1-12(2)14(22)9-15(23)16(24)11-19(3)6-7-20-10-13(17-18-20)5-4-8-21/h8,10,12,14-16,22-24H,4-7,9,11H2,1-3H3/t14-,15-,16?/m0/s1. The SMILES string of the molecule is CC(C)[C@@H](O)C[C@H](O)C(O)CN(C)CCn1cc(CCC=O)nn1. The largest absolute Gasteiger partial charge is 0.393 e. The van der Waals surface area contributed by atoms with E-state index in [1.165, 1.54) is 0 Å². The van der Waals surface area contributed by atoms with Crippen molar-refractivity contribution < 1.29 is 20.1 Å². The van der Waals surface area contributed by atoms with Crippen molar-refractivity contribution in [1.82, 2.24) is 19.9 Å². The van der Waals surface area contributed by atoms with E-state index in [0.29, 0.717) is 32.5 Å². The van der Waals surface area contributed by atoms with Gasteiger partial charge in [-0.3, -0.25) is 4.68 Å². The maximum Gasteiger partial charge on any atom is 0.120 e. The number of carbonyl (C=O) groups excluding carboxylic acids is 1. The molecule has 0 aliphatic heterocycles. The molecule has 8 nitrogen and oxygen atoms in total. The predicted molar refractivity (Wildman–Crippen MR) is 89.4 cm³/mol. The van der Waals surface area contributed by atoms with Crippen molar-refractivity contribution in [1.29, 1.82) is 0 Å². The number of hydrogen-bond donors (Lipinski definition) is 3. The van der Waals surface area contributed by atoms with Crippen molar-refractivity contribution in [2.75, 3.05) is 20.1 Å². The lowest BCUT2D eigenvalue weighted by Crippen LogP contribution is -2.40. The van der Waals surface area contributed by atoms with Gasteiger partial charge < -0.3 is 25.0 Å². The van der Waals surface area contributed by atoms with E-state index in [0.717, 1.165) is 12.0 Å². The predicted octanol–water partition coefficient (Wildman–Crippen LogP) is -0.530. The summed E-state index contributed by atoms with van der Waals surface area (Å²) in [5.74, 6) is 0.0466. The minimum absolute atomic E-state index is 0.0466. The zero-order chi connectivity index (χ0) is 18.1. The Hall–Kier alpha value is -1.35. The van der Waals surface area contributed by atoms with E-state index in [1.807, 2.05) is 32.0 Å². The number of nitrogens with zero attached hydrogens (tertiary/aromatic N) is 4. The second-order valence-electron chi connectivity index (χ2n) is 6.62. The van der Waals surface area contributed by atoms with Gasteiger partial charge in [0.05, 0.1) is 30.6 Å². The molecule has 1 heterocycles. The van der Waals surface area contributed by atoms with Crippen molar-refractivity contribution in [2.24, 2.45) is 5.92 Å². The summed E-state index contributed by atoms with van der Waals surface area (Å²) in [5, 5.41) is 37.8. The number of hydrogen-bond acceptors (Lipinski definition) is 7. The molecule has 24 heavy (non-hydrogen) atoms. The van der Waals surface area contributed by atoms with Crippen LogP contribution in [0.2, 0.25) is 0 Å². The van der Waals surface area contributed by atoms with E-state index in [2.05, 4.69) is 10.3 Å². The number of aryl methyl sites for hydroxylation is 1. The average molecular weight is 342 g/mol. The first-order chi connectivity index (χ1) is 11.3. The summed E-state index contributed by atoms with van der Waals surface area (Å²) in [5.41, 5.74) is 0.780. The van der Waals surface area contributed by atoms with Crippen LogP contribution in [0, 0.1) is 5.92 Å². The van der Waals surface area contributed by atoms with E-state index in [1.54, 1.807) is 4.68 Å². The van der Waals surface area contributed by atoms with Gasteiger partial charge in [-0.25, -0.2) is 0 Å². The van der Waals surface area contributed by atoms with Crippen molar-refractivity contribution in [2.45, 2.75) is 58.0 Å². The maximum atomic E-state index is 10.3. The molecule has 0 aromatic carbocycles. The first kappa shape index (κ1) is 20.7. The van der Waals surface area contributed by atoms with Crippen LogP contribution in [0.4, 0.5) is 0 Å². The molecule has 0 saturated heterocycles. The molecule has 0 aliphatic carbocycles. The third-order valence-electron chi connectivity index (χ3n) is 4.01. The summed E-state index contributed by atoms with van der Waals surface area (Å²) in [6, 6.07) is 0. The van der Waals surface area contributed by atoms with Crippen LogP contribution in [0.15, 0.2) is 6.20 Å². The van der Waals surface area contributed by atoms with Crippen LogP contribution in [0.5, 0.6) is 0 Å². The Bertz CT molecular complexity index is 480. The van der Waals surface area contributed by atoms with E-state index in [4.69, 9.17) is 0 Å². The quantitative estimate of drug-likeness (QED) is 0.438. The van der Waals surface area contributed by atoms with Gasteiger partial charge in [0.25, 0.3) is 0 Å². The molecule has 0 amide bonds. The first-order valence-corrected chi connectivity index (χ1v) is 8.38. The first-order valence-electron chi connectivity index (χ1n) is 8.38. The summed E-state index contributed by atoms with van der Waals surface area (Å²) < 4.78 is 1.70. The molecule has 3 atom stereocenters. The highest BCUT2D eigenvalue weighted by molar-refractivity contribution is 5.49. The molecule has 0 saturated carbocycles. The molecular formula is C16H30N4O4. The van der Waals surface area contributed by atoms with Crippen LogP contribution in [0.1, 0.15) is 32.4 Å². The zero-order valence-electron chi connectivity index (χ0n) is 14.7. The van der Waals surface area contributed by atoms with Crippen LogP contribution in [0.3, 0.4) is 0 Å². The number of aldehydes is 1. The van der Waals surface area contributed by atoms with Gasteiger partial charge >= 0.3 is 0 Å². The van der Waals surface area contributed by atoms with Gasteiger partial charge in [0.2, 0.25) is 0 Å². The molecule has 3 N–H and O–H groups in total. The van der Waals surface area contributed by atoms with Crippen molar-refractivity contribution >= 4 is 6.29 Å². The molecule has 1 aromatic rings. The highest BCUT2D eigenvalue weighted by atomic mass is 16.3. The smallest absolute Gasteiger partial charge is 0.120 e. The normalized spacial score (nSPS) is 15.7. The molecule has 1 unspecified atom stereocenters. The molecular weight excluding hydrogens is 312 g/mol. The fraction of sp³-hybridized carbons (Fsp3) is 0.812. The topological polar surface area (TPSA) is 112 Å². The lowest BCUT2D eigenvalue weighted by atomic mass is 9.98. The van der Waals surface area contributed by atoms with Gasteiger partial charge in [0, 0.05) is 32.1 Å². The molecule has 0 radical (unpaired) electrons. The minimum Gasteiger partial charge on any atom is -0.393 e. The number of aliphatic hydroxyl groups excluding tert-OH is 3. The molecule has 0 aliphatic rings. The van der Waals surface area contributed by atoms with Crippen molar-refractivity contribution in [3.05, 3.63) is 11.9 Å². The lowest BCUT2D eigenvalue weighted by Gasteiger charge is -2.26. The van der Waals surface area contributed by atoms with Gasteiger partial charge in [0.15, 0.2) is 0 Å². The molecule has 0 spiro atoms. The van der Waals surface area contributed by atoms with Gasteiger partial charge in [-0.2, -0.15) is 0 Å². The number of rotatable bonds is 12. The summed E-state index contributed by atoms with van der Waals surface area (Å²) in [6.07, 6.45) is 1.36. The number of aromatic nitrogens is 3. The molecule has 138 valence electrons. The van der Waals surface area contributed by atoms with Crippen LogP contribution in [-0.2, 0) is 17.8 Å². The lowest BCUT2D eigenvalue weighted by molar-refractivity contribution is -0.107. The Balaban J connectivity index is 2.33. The Kier molecular flexibility index (Phi) is 9.05. The van der Waals surface area contributed by atoms with Gasteiger partial charge in [-0.1, -0.05) is 19.1 Å². The Labute approximate surface area is 143 Å². The molecule has 1 aromatic heterocycles. The second-order valence-corrected chi connectivity index (χ2v) is 6.62. The zero-order valence-corrected chi connectivity index (χ0v) is 14.7. The van der Waals surface area contributed by atoms with Crippen LogP contribution in [-0.4, -0.2) is 79.9 Å². The highest BCUT2D eigenvalue weighted by Crippen LogP contribution is 2.11. The highest BCUT2D eigenvalue weighted by Gasteiger charge is 2.22. The average Bonchev–Trinajstić information content (AvgIpc) is 2.98. The van der Waals surface area contributed by atoms with Gasteiger partial charge in [0.1, 0.15) is 6.29 Å². The molecule has 8 heteroatoms. The van der Waals surface area contributed by atoms with E-state index < -0.39 is 18.3 Å². The molecule has 0 fully saturated rings.